The van der Waals surface area contributed by atoms with Gasteiger partial charge in [-0.25, -0.2) is 13.2 Å². The van der Waals surface area contributed by atoms with Gasteiger partial charge in [0.1, 0.15) is 11.6 Å². The lowest BCUT2D eigenvalue weighted by atomic mass is 10.0. The molecule has 2 fully saturated rings. The molecule has 1 atom stereocenters. The van der Waals surface area contributed by atoms with Crippen molar-refractivity contribution in [3.8, 4) is 0 Å². The van der Waals surface area contributed by atoms with Crippen LogP contribution in [0.15, 0.2) is 0 Å². The largest absolute Gasteiger partial charge is 0.444 e. The van der Waals surface area contributed by atoms with E-state index in [1.54, 1.807) is 20.8 Å². The number of ether oxygens (including phenoxy) is 1. The average Bonchev–Trinajstić information content (AvgIpc) is 2.84. The van der Waals surface area contributed by atoms with Gasteiger partial charge in [-0.15, -0.1) is 0 Å². The lowest BCUT2D eigenvalue weighted by molar-refractivity contribution is -0.123. The van der Waals surface area contributed by atoms with Crippen LogP contribution < -0.4 is 4.72 Å². The zero-order valence-corrected chi connectivity index (χ0v) is 13.6. The molecule has 0 aromatic heterocycles. The number of likely N-dealkylation sites (tertiary alicyclic amines) is 1. The molecule has 0 bridgehead atoms. The van der Waals surface area contributed by atoms with Crippen molar-refractivity contribution in [2.45, 2.75) is 51.7 Å². The number of amides is 2. The van der Waals surface area contributed by atoms with Gasteiger partial charge in [0.15, 0.2) is 0 Å². The Kier molecular flexibility index (Phi) is 3.72. The molecule has 1 saturated carbocycles. The van der Waals surface area contributed by atoms with Crippen LogP contribution in [0.4, 0.5) is 4.79 Å². The highest BCUT2D eigenvalue weighted by molar-refractivity contribution is 7.89. The Bertz CT molecular complexity index is 560. The van der Waals surface area contributed by atoms with E-state index in [-0.39, 0.29) is 5.41 Å². The smallest absolute Gasteiger partial charge is 0.410 e. The minimum atomic E-state index is -3.64. The fourth-order valence-corrected chi connectivity index (χ4v) is 3.09. The maximum absolute atomic E-state index is 12.2. The van der Waals surface area contributed by atoms with Crippen molar-refractivity contribution in [3.05, 3.63) is 0 Å². The van der Waals surface area contributed by atoms with Gasteiger partial charge >= 0.3 is 6.09 Å². The molecule has 0 unspecified atom stereocenters. The van der Waals surface area contributed by atoms with Crippen LogP contribution in [-0.2, 0) is 19.6 Å². The molecule has 2 amide bonds. The average molecular weight is 318 g/mol. The first-order valence-corrected chi connectivity index (χ1v) is 8.81. The summed E-state index contributed by atoms with van der Waals surface area (Å²) in [4.78, 5) is 25.7. The molecule has 1 aliphatic heterocycles. The second kappa shape index (κ2) is 4.86. The van der Waals surface area contributed by atoms with E-state index >= 15 is 0 Å². The molecule has 120 valence electrons. The summed E-state index contributed by atoms with van der Waals surface area (Å²) >= 11 is 0. The molecule has 1 spiro atoms. The first-order valence-electron chi connectivity index (χ1n) is 6.92. The number of rotatable bonds is 2. The predicted octanol–water partition coefficient (Wildman–Crippen LogP) is 0.852. The van der Waals surface area contributed by atoms with Crippen molar-refractivity contribution >= 4 is 22.0 Å². The Morgan fingerprint density at radius 1 is 1.29 bits per heavy atom. The zero-order valence-electron chi connectivity index (χ0n) is 12.8. The molecule has 8 heteroatoms. The van der Waals surface area contributed by atoms with Crippen molar-refractivity contribution in [1.29, 1.82) is 0 Å². The van der Waals surface area contributed by atoms with E-state index in [1.807, 2.05) is 4.72 Å². The number of nitrogens with zero attached hydrogens (tertiary/aromatic N) is 1. The normalized spacial score (nSPS) is 24.0. The predicted molar refractivity (Wildman–Crippen MR) is 76.0 cm³/mol. The van der Waals surface area contributed by atoms with Crippen LogP contribution >= 0.6 is 0 Å². The maximum atomic E-state index is 12.2. The Hall–Kier alpha value is -1.31. The first kappa shape index (κ1) is 16.1. The summed E-state index contributed by atoms with van der Waals surface area (Å²) in [6, 6.07) is -0.780. The number of carbonyl (C=O) groups excluding carboxylic acids is 2. The van der Waals surface area contributed by atoms with Gasteiger partial charge in [-0.1, -0.05) is 0 Å². The van der Waals surface area contributed by atoms with Crippen molar-refractivity contribution < 1.29 is 22.7 Å². The van der Waals surface area contributed by atoms with Gasteiger partial charge in [0.05, 0.1) is 6.26 Å². The summed E-state index contributed by atoms with van der Waals surface area (Å²) in [6.07, 6.45) is 2.75. The van der Waals surface area contributed by atoms with Crippen molar-refractivity contribution in [1.82, 2.24) is 9.62 Å². The molecule has 7 nitrogen and oxygen atoms in total. The zero-order chi connectivity index (χ0) is 16.1. The monoisotopic (exact) mass is 318 g/mol. The molecule has 2 aliphatic rings. The van der Waals surface area contributed by atoms with Gasteiger partial charge in [-0.3, -0.25) is 14.4 Å². The fraction of sp³-hybridized carbons (Fsp3) is 0.846. The third-order valence-electron chi connectivity index (χ3n) is 3.68. The minimum Gasteiger partial charge on any atom is -0.444 e. The lowest BCUT2D eigenvalue weighted by Gasteiger charge is -2.27. The number of sulfonamides is 1. The van der Waals surface area contributed by atoms with Crippen LogP contribution in [0.5, 0.6) is 0 Å². The van der Waals surface area contributed by atoms with Gasteiger partial charge in [-0.2, -0.15) is 0 Å². The highest BCUT2D eigenvalue weighted by atomic mass is 32.2. The molecule has 1 N–H and O–H groups in total. The topological polar surface area (TPSA) is 92.8 Å². The molecule has 1 heterocycles. The number of hydrogen-bond donors (Lipinski definition) is 1. The first-order chi connectivity index (χ1) is 9.41. The van der Waals surface area contributed by atoms with E-state index in [4.69, 9.17) is 4.74 Å². The molecule has 0 aromatic carbocycles. The van der Waals surface area contributed by atoms with E-state index in [2.05, 4.69) is 0 Å². The summed E-state index contributed by atoms with van der Waals surface area (Å²) in [5, 5.41) is 0. The minimum absolute atomic E-state index is 0.0313. The summed E-state index contributed by atoms with van der Waals surface area (Å²) < 4.78 is 29.7. The van der Waals surface area contributed by atoms with Gasteiger partial charge in [0.2, 0.25) is 10.0 Å². The second-order valence-corrected chi connectivity index (χ2v) is 8.82. The van der Waals surface area contributed by atoms with E-state index in [0.717, 1.165) is 19.1 Å². The summed E-state index contributed by atoms with van der Waals surface area (Å²) in [7, 11) is -3.64. The maximum Gasteiger partial charge on any atom is 0.410 e. The van der Waals surface area contributed by atoms with Crippen LogP contribution in [0, 0.1) is 5.41 Å². The molecule has 0 radical (unpaired) electrons. The standard InChI is InChI=1S/C13H22N2O5S/c1-12(2,3)20-11(17)15-8-13(5-6-13)7-9(15)10(16)14-21(4,18)19/h9H,5-8H2,1-4H3,(H,14,16)/t9-/m0/s1. The Morgan fingerprint density at radius 2 is 1.86 bits per heavy atom. The number of hydrogen-bond acceptors (Lipinski definition) is 5. The van der Waals surface area contributed by atoms with Crippen LogP contribution in [0.3, 0.4) is 0 Å². The SMILES string of the molecule is CC(C)(C)OC(=O)N1CC2(CC2)C[C@H]1C(=O)NS(C)(=O)=O. The van der Waals surface area contributed by atoms with Crippen molar-refractivity contribution in [2.75, 3.05) is 12.8 Å². The summed E-state index contributed by atoms with van der Waals surface area (Å²) in [6.45, 7) is 5.70. The number of nitrogens with one attached hydrogen (secondary N) is 1. The quantitative estimate of drug-likeness (QED) is 0.815. The van der Waals surface area contributed by atoms with Crippen LogP contribution in [0.2, 0.25) is 0 Å². The lowest BCUT2D eigenvalue weighted by Crippen LogP contribution is -2.48. The Balaban J connectivity index is 2.13. The molecule has 1 aliphatic carbocycles. The fourth-order valence-electron chi connectivity index (χ4n) is 2.59. The van der Waals surface area contributed by atoms with Crippen LogP contribution in [0.1, 0.15) is 40.0 Å². The molecular formula is C13H22N2O5S. The van der Waals surface area contributed by atoms with Gasteiger partial charge in [-0.05, 0) is 45.4 Å². The van der Waals surface area contributed by atoms with E-state index in [1.165, 1.54) is 4.90 Å². The highest BCUT2D eigenvalue weighted by Gasteiger charge is 2.56. The molecule has 0 aromatic rings. The van der Waals surface area contributed by atoms with Gasteiger partial charge in [0.25, 0.3) is 5.91 Å². The Morgan fingerprint density at radius 3 is 2.29 bits per heavy atom. The van der Waals surface area contributed by atoms with Gasteiger partial charge < -0.3 is 4.74 Å². The molecule has 21 heavy (non-hydrogen) atoms. The van der Waals surface area contributed by atoms with Crippen LogP contribution in [-0.4, -0.2) is 49.8 Å². The molecular weight excluding hydrogens is 296 g/mol. The van der Waals surface area contributed by atoms with Crippen molar-refractivity contribution in [2.24, 2.45) is 5.41 Å². The van der Waals surface area contributed by atoms with E-state index in [9.17, 15) is 18.0 Å². The third-order valence-corrected chi connectivity index (χ3v) is 4.25. The van der Waals surface area contributed by atoms with Crippen LogP contribution in [0.25, 0.3) is 0 Å². The summed E-state index contributed by atoms with van der Waals surface area (Å²) in [5.74, 6) is -0.660. The third kappa shape index (κ3) is 4.09. The van der Waals surface area contributed by atoms with E-state index in [0.29, 0.717) is 13.0 Å². The molecule has 1 saturated heterocycles. The van der Waals surface area contributed by atoms with Gasteiger partial charge in [0, 0.05) is 6.54 Å². The molecule has 2 rings (SSSR count). The summed E-state index contributed by atoms with van der Waals surface area (Å²) in [5.41, 5.74) is -0.690. The second-order valence-electron chi connectivity index (χ2n) is 7.07. The number of carbonyl (C=O) groups is 2. The van der Waals surface area contributed by atoms with Crippen molar-refractivity contribution in [3.63, 3.8) is 0 Å². The Labute approximate surface area is 125 Å². The highest BCUT2D eigenvalue weighted by Crippen LogP contribution is 2.55. The van der Waals surface area contributed by atoms with E-state index < -0.39 is 33.7 Å².